The van der Waals surface area contributed by atoms with E-state index in [0.717, 1.165) is 5.69 Å². The number of nitriles is 1. The molecule has 0 saturated heterocycles. The molecule has 0 radical (unpaired) electrons. The molecule has 2 N–H and O–H groups in total. The molecule has 1 heterocycles. The van der Waals surface area contributed by atoms with Crippen LogP contribution in [-0.2, 0) is 0 Å². The Labute approximate surface area is 116 Å². The van der Waals surface area contributed by atoms with Gasteiger partial charge in [-0.2, -0.15) is 5.26 Å². The summed E-state index contributed by atoms with van der Waals surface area (Å²) >= 11 is 6.10. The fourth-order valence-electron chi connectivity index (χ4n) is 1.68. The van der Waals surface area contributed by atoms with Crippen LogP contribution < -0.4 is 5.32 Å². The number of benzene rings is 1. The van der Waals surface area contributed by atoms with Crippen molar-refractivity contribution in [2.24, 2.45) is 0 Å². The highest BCUT2D eigenvalue weighted by atomic mass is 35.5. The lowest BCUT2D eigenvalue weighted by Gasteiger charge is -2.12. The number of halogens is 1. The SMILES string of the molecule is CC(=N)c1c(Cl)cc(C#N)nc1Nc1ccccc1. The summed E-state index contributed by atoms with van der Waals surface area (Å²) in [6, 6.07) is 12.8. The number of nitrogens with one attached hydrogen (secondary N) is 2. The second-order valence-corrected chi connectivity index (χ2v) is 4.35. The van der Waals surface area contributed by atoms with Crippen molar-refractivity contribution >= 4 is 28.8 Å². The molecule has 0 aliphatic carbocycles. The second-order valence-electron chi connectivity index (χ2n) is 3.94. The maximum atomic E-state index is 8.93. The highest BCUT2D eigenvalue weighted by molar-refractivity contribution is 6.34. The van der Waals surface area contributed by atoms with Crippen LogP contribution in [0.1, 0.15) is 18.2 Å². The molecule has 0 spiro atoms. The van der Waals surface area contributed by atoms with Crippen LogP contribution in [0.3, 0.4) is 0 Å². The summed E-state index contributed by atoms with van der Waals surface area (Å²) in [7, 11) is 0. The number of rotatable bonds is 3. The number of hydrogen-bond acceptors (Lipinski definition) is 4. The van der Waals surface area contributed by atoms with E-state index in [2.05, 4.69) is 10.3 Å². The highest BCUT2D eigenvalue weighted by Gasteiger charge is 2.13. The minimum atomic E-state index is 0.216. The topological polar surface area (TPSA) is 72.6 Å². The Bertz CT molecular complexity index is 659. The van der Waals surface area contributed by atoms with Crippen LogP contribution in [0, 0.1) is 16.7 Å². The third-order valence-electron chi connectivity index (χ3n) is 2.50. The fourth-order valence-corrected chi connectivity index (χ4v) is 2.01. The van der Waals surface area contributed by atoms with E-state index in [-0.39, 0.29) is 5.69 Å². The van der Waals surface area contributed by atoms with Gasteiger partial charge in [0.25, 0.3) is 0 Å². The molecule has 19 heavy (non-hydrogen) atoms. The van der Waals surface area contributed by atoms with Gasteiger partial charge in [-0.25, -0.2) is 4.98 Å². The Hall–Kier alpha value is -2.38. The van der Waals surface area contributed by atoms with E-state index in [0.29, 0.717) is 22.1 Å². The molecule has 1 aromatic carbocycles. The van der Waals surface area contributed by atoms with E-state index < -0.39 is 0 Å². The zero-order valence-electron chi connectivity index (χ0n) is 10.2. The van der Waals surface area contributed by atoms with Gasteiger partial charge in [0.1, 0.15) is 17.6 Å². The smallest absolute Gasteiger partial charge is 0.144 e. The monoisotopic (exact) mass is 270 g/mol. The molecular formula is C14H11ClN4. The average Bonchev–Trinajstić information content (AvgIpc) is 2.38. The lowest BCUT2D eigenvalue weighted by molar-refractivity contribution is 1.24. The Morgan fingerprint density at radius 1 is 1.37 bits per heavy atom. The molecule has 0 amide bonds. The normalized spacial score (nSPS) is 9.74. The molecule has 5 heteroatoms. The van der Waals surface area contributed by atoms with Crippen LogP contribution in [0.4, 0.5) is 11.5 Å². The minimum Gasteiger partial charge on any atom is -0.340 e. The maximum absolute atomic E-state index is 8.93. The lowest BCUT2D eigenvalue weighted by atomic mass is 10.1. The standard InChI is InChI=1S/C14H11ClN4/c1-9(17)13-12(15)7-11(8-16)19-14(13)18-10-5-3-2-4-6-10/h2-7,17H,1H3,(H,18,19). The molecule has 0 bridgehead atoms. The summed E-state index contributed by atoms with van der Waals surface area (Å²) in [5.74, 6) is 0.419. The molecule has 0 unspecified atom stereocenters. The predicted molar refractivity (Wildman–Crippen MR) is 76.2 cm³/mol. The van der Waals surface area contributed by atoms with Gasteiger partial charge in [-0.3, -0.25) is 0 Å². The van der Waals surface area contributed by atoms with Gasteiger partial charge in [0.05, 0.1) is 10.6 Å². The highest BCUT2D eigenvalue weighted by Crippen LogP contribution is 2.26. The van der Waals surface area contributed by atoms with Crippen molar-refractivity contribution in [3.63, 3.8) is 0 Å². The summed E-state index contributed by atoms with van der Waals surface area (Å²) in [6.07, 6.45) is 0. The molecule has 4 nitrogen and oxygen atoms in total. The summed E-state index contributed by atoms with van der Waals surface area (Å²) in [6.45, 7) is 1.63. The first-order chi connectivity index (χ1) is 9.11. The van der Waals surface area contributed by atoms with Crippen LogP contribution in [0.15, 0.2) is 36.4 Å². The van der Waals surface area contributed by atoms with Crippen molar-refractivity contribution in [3.8, 4) is 6.07 Å². The van der Waals surface area contributed by atoms with Crippen molar-refractivity contribution in [2.45, 2.75) is 6.92 Å². The summed E-state index contributed by atoms with van der Waals surface area (Å²) in [5, 5.41) is 20.1. The maximum Gasteiger partial charge on any atom is 0.144 e. The van der Waals surface area contributed by atoms with Gasteiger partial charge in [0.15, 0.2) is 0 Å². The molecular weight excluding hydrogens is 260 g/mol. The van der Waals surface area contributed by atoms with E-state index in [4.69, 9.17) is 22.3 Å². The summed E-state index contributed by atoms with van der Waals surface area (Å²) < 4.78 is 0. The van der Waals surface area contributed by atoms with Crippen LogP contribution in [0.25, 0.3) is 0 Å². The van der Waals surface area contributed by atoms with Crippen molar-refractivity contribution in [1.29, 1.82) is 10.7 Å². The Kier molecular flexibility index (Phi) is 3.79. The first kappa shape index (κ1) is 13.1. The summed E-state index contributed by atoms with van der Waals surface area (Å²) in [5.41, 5.74) is 1.84. The molecule has 2 aromatic rings. The predicted octanol–water partition coefficient (Wildman–Crippen LogP) is 3.74. The van der Waals surface area contributed by atoms with Gasteiger partial charge in [-0.15, -0.1) is 0 Å². The first-order valence-electron chi connectivity index (χ1n) is 5.60. The van der Waals surface area contributed by atoms with E-state index >= 15 is 0 Å². The van der Waals surface area contributed by atoms with Crippen molar-refractivity contribution in [1.82, 2.24) is 4.98 Å². The molecule has 0 saturated carbocycles. The van der Waals surface area contributed by atoms with E-state index in [1.807, 2.05) is 36.4 Å². The molecule has 1 aromatic heterocycles. The number of anilines is 2. The largest absolute Gasteiger partial charge is 0.340 e. The quantitative estimate of drug-likeness (QED) is 0.835. The number of para-hydroxylation sites is 1. The number of pyridine rings is 1. The zero-order chi connectivity index (χ0) is 13.8. The van der Waals surface area contributed by atoms with Crippen LogP contribution in [-0.4, -0.2) is 10.7 Å². The molecule has 2 rings (SSSR count). The fraction of sp³-hybridized carbons (Fsp3) is 0.0714. The molecule has 0 atom stereocenters. The Morgan fingerprint density at radius 3 is 2.63 bits per heavy atom. The van der Waals surface area contributed by atoms with E-state index in [9.17, 15) is 0 Å². The lowest BCUT2D eigenvalue weighted by Crippen LogP contribution is -2.05. The van der Waals surface area contributed by atoms with E-state index in [1.165, 1.54) is 6.07 Å². The van der Waals surface area contributed by atoms with Crippen molar-refractivity contribution in [3.05, 3.63) is 52.7 Å². The van der Waals surface area contributed by atoms with Crippen molar-refractivity contribution in [2.75, 3.05) is 5.32 Å². The number of hydrogen-bond donors (Lipinski definition) is 2. The van der Waals surface area contributed by atoms with Crippen molar-refractivity contribution < 1.29 is 0 Å². The molecule has 94 valence electrons. The minimum absolute atomic E-state index is 0.216. The molecule has 0 aliphatic heterocycles. The van der Waals surface area contributed by atoms with Gasteiger partial charge in [0.2, 0.25) is 0 Å². The third-order valence-corrected chi connectivity index (χ3v) is 2.80. The zero-order valence-corrected chi connectivity index (χ0v) is 11.0. The van der Waals surface area contributed by atoms with Gasteiger partial charge in [-0.1, -0.05) is 29.8 Å². The second kappa shape index (κ2) is 5.51. The van der Waals surface area contributed by atoms with Crippen LogP contribution >= 0.6 is 11.6 Å². The number of nitrogens with zero attached hydrogens (tertiary/aromatic N) is 2. The first-order valence-corrected chi connectivity index (χ1v) is 5.98. The Morgan fingerprint density at radius 2 is 2.05 bits per heavy atom. The molecule has 0 aliphatic rings. The van der Waals surface area contributed by atoms with E-state index in [1.54, 1.807) is 6.92 Å². The third kappa shape index (κ3) is 2.90. The van der Waals surface area contributed by atoms with Gasteiger partial charge in [-0.05, 0) is 25.1 Å². The summed E-state index contributed by atoms with van der Waals surface area (Å²) in [4.78, 5) is 4.17. The van der Waals surface area contributed by atoms with Gasteiger partial charge < -0.3 is 10.7 Å². The number of aromatic nitrogens is 1. The average molecular weight is 271 g/mol. The van der Waals surface area contributed by atoms with Gasteiger partial charge >= 0.3 is 0 Å². The van der Waals surface area contributed by atoms with Crippen LogP contribution in [0.5, 0.6) is 0 Å². The van der Waals surface area contributed by atoms with Crippen LogP contribution in [0.2, 0.25) is 5.02 Å². The van der Waals surface area contributed by atoms with Gasteiger partial charge in [0, 0.05) is 11.4 Å². The Balaban J connectivity index is 2.51. The molecule has 0 fully saturated rings.